The van der Waals surface area contributed by atoms with Crippen molar-refractivity contribution in [2.75, 3.05) is 6.54 Å². The fourth-order valence-corrected chi connectivity index (χ4v) is 4.79. The van der Waals surface area contributed by atoms with Gasteiger partial charge in [-0.2, -0.15) is 5.10 Å². The topological polar surface area (TPSA) is 84.2 Å². The number of carbonyl (C=O) groups excluding carboxylic acids is 1. The van der Waals surface area contributed by atoms with Gasteiger partial charge in [-0.25, -0.2) is 0 Å². The van der Waals surface area contributed by atoms with Gasteiger partial charge in [0.15, 0.2) is 0 Å². The first-order valence-electron chi connectivity index (χ1n) is 11.7. The average Bonchev–Trinajstić information content (AvgIpc) is 3.24. The zero-order valence-corrected chi connectivity index (χ0v) is 21.6. The zero-order valence-electron chi connectivity index (χ0n) is 20.0. The number of halogens is 2. The van der Waals surface area contributed by atoms with Crippen LogP contribution in [0.1, 0.15) is 48.7 Å². The Bertz CT molecular complexity index is 1380. The number of carboxylic acid groups (broad SMARTS) is 1. The van der Waals surface area contributed by atoms with Crippen molar-refractivity contribution in [1.29, 1.82) is 0 Å². The molecule has 1 unspecified atom stereocenters. The fraction of sp³-hybridized carbons (Fsp3) is 0.250. The SMILES string of the molecule is CC(C)CC(c1ccc(C(=O)NCCC(=O)O)cc1)n1ncc2cc(-c3cc(Cl)cc(Cl)c3)ccc21. The monoisotopic (exact) mass is 523 g/mol. The van der Waals surface area contributed by atoms with Crippen LogP contribution in [0.3, 0.4) is 0 Å². The molecule has 0 spiro atoms. The molecule has 6 nitrogen and oxygen atoms in total. The van der Waals surface area contributed by atoms with Crippen molar-refractivity contribution in [3.05, 3.63) is 88.0 Å². The summed E-state index contributed by atoms with van der Waals surface area (Å²) in [6.45, 7) is 4.43. The Morgan fingerprint density at radius 1 is 0.972 bits per heavy atom. The van der Waals surface area contributed by atoms with Crippen molar-refractivity contribution in [3.63, 3.8) is 0 Å². The molecule has 4 rings (SSSR count). The molecule has 0 radical (unpaired) electrons. The fourth-order valence-electron chi connectivity index (χ4n) is 4.27. The van der Waals surface area contributed by atoms with E-state index in [2.05, 4.69) is 31.3 Å². The minimum absolute atomic E-state index is 0.0157. The van der Waals surface area contributed by atoms with E-state index in [1.54, 1.807) is 18.2 Å². The predicted molar refractivity (Wildman–Crippen MR) is 144 cm³/mol. The number of hydrogen-bond donors (Lipinski definition) is 2. The Kier molecular flexibility index (Phi) is 7.97. The van der Waals surface area contributed by atoms with Crippen molar-refractivity contribution in [2.45, 2.75) is 32.7 Å². The van der Waals surface area contributed by atoms with Crippen LogP contribution in [0.15, 0.2) is 66.9 Å². The molecule has 1 aromatic heterocycles. The van der Waals surface area contributed by atoms with Crippen LogP contribution in [0.5, 0.6) is 0 Å². The second kappa shape index (κ2) is 11.1. The summed E-state index contributed by atoms with van der Waals surface area (Å²) in [6, 6.07) is 19.1. The molecule has 0 saturated heterocycles. The highest BCUT2D eigenvalue weighted by atomic mass is 35.5. The van der Waals surface area contributed by atoms with Gasteiger partial charge in [-0.3, -0.25) is 14.3 Å². The Labute approximate surface area is 219 Å². The summed E-state index contributed by atoms with van der Waals surface area (Å²) < 4.78 is 2.03. The van der Waals surface area contributed by atoms with Gasteiger partial charge < -0.3 is 10.4 Å². The molecule has 0 aliphatic carbocycles. The van der Waals surface area contributed by atoms with Crippen LogP contribution in [0.4, 0.5) is 0 Å². The first-order chi connectivity index (χ1) is 17.2. The second-order valence-corrected chi connectivity index (χ2v) is 10.1. The molecule has 0 aliphatic rings. The molecule has 0 fully saturated rings. The highest BCUT2D eigenvalue weighted by molar-refractivity contribution is 6.35. The van der Waals surface area contributed by atoms with Crippen LogP contribution in [-0.4, -0.2) is 33.3 Å². The summed E-state index contributed by atoms with van der Waals surface area (Å²) in [5.74, 6) is -0.820. The van der Waals surface area contributed by atoms with E-state index in [1.807, 2.05) is 41.2 Å². The van der Waals surface area contributed by atoms with Crippen molar-refractivity contribution < 1.29 is 14.7 Å². The first-order valence-corrected chi connectivity index (χ1v) is 12.5. The quantitative estimate of drug-likeness (QED) is 0.251. The number of carboxylic acids is 1. The molecule has 186 valence electrons. The molecule has 0 aliphatic heterocycles. The van der Waals surface area contributed by atoms with Gasteiger partial charge in [0.05, 0.1) is 24.2 Å². The number of amides is 1. The first kappa shape index (κ1) is 25.7. The molecule has 36 heavy (non-hydrogen) atoms. The van der Waals surface area contributed by atoms with E-state index in [-0.39, 0.29) is 24.9 Å². The smallest absolute Gasteiger partial charge is 0.305 e. The number of carbonyl (C=O) groups is 2. The summed E-state index contributed by atoms with van der Waals surface area (Å²) >= 11 is 12.4. The number of rotatable bonds is 9. The Hall–Kier alpha value is -3.35. The van der Waals surface area contributed by atoms with E-state index in [9.17, 15) is 9.59 Å². The van der Waals surface area contributed by atoms with Gasteiger partial charge >= 0.3 is 5.97 Å². The number of aliphatic carboxylic acids is 1. The lowest BCUT2D eigenvalue weighted by atomic mass is 9.96. The van der Waals surface area contributed by atoms with Crippen molar-refractivity contribution in [2.24, 2.45) is 5.92 Å². The predicted octanol–water partition coefficient (Wildman–Crippen LogP) is 6.85. The largest absolute Gasteiger partial charge is 0.481 e. The minimum Gasteiger partial charge on any atom is -0.481 e. The third-order valence-corrected chi connectivity index (χ3v) is 6.40. The van der Waals surface area contributed by atoms with Crippen LogP contribution >= 0.6 is 23.2 Å². The molecule has 1 atom stereocenters. The molecule has 8 heteroatoms. The van der Waals surface area contributed by atoms with Crippen molar-refractivity contribution in [1.82, 2.24) is 15.1 Å². The lowest BCUT2D eigenvalue weighted by Crippen LogP contribution is -2.26. The van der Waals surface area contributed by atoms with Gasteiger partial charge in [0, 0.05) is 27.5 Å². The summed E-state index contributed by atoms with van der Waals surface area (Å²) in [7, 11) is 0. The molecule has 1 amide bonds. The summed E-state index contributed by atoms with van der Waals surface area (Å²) in [6.07, 6.45) is 2.62. The number of aromatic nitrogens is 2. The van der Waals surface area contributed by atoms with Gasteiger partial charge in [-0.1, -0.05) is 55.2 Å². The maximum atomic E-state index is 12.3. The van der Waals surface area contributed by atoms with Crippen LogP contribution in [0.2, 0.25) is 10.0 Å². The molecule has 0 saturated carbocycles. The number of hydrogen-bond acceptors (Lipinski definition) is 3. The number of nitrogens with one attached hydrogen (secondary N) is 1. The molecular weight excluding hydrogens is 497 g/mol. The lowest BCUT2D eigenvalue weighted by Gasteiger charge is -2.21. The van der Waals surface area contributed by atoms with Crippen molar-refractivity contribution in [3.8, 4) is 11.1 Å². The van der Waals surface area contributed by atoms with E-state index in [4.69, 9.17) is 33.4 Å². The van der Waals surface area contributed by atoms with Crippen molar-refractivity contribution >= 4 is 46.0 Å². The number of fused-ring (bicyclic) bond motifs is 1. The van der Waals surface area contributed by atoms with Gasteiger partial charge in [0.1, 0.15) is 0 Å². The standard InChI is InChI=1S/C28H27Cl2N3O3/c1-17(2)11-26(18-3-5-19(6-4-18)28(36)31-10-9-27(34)35)33-25-8-7-20(12-22(25)16-32-33)21-13-23(29)15-24(30)14-21/h3-8,12-17,26H,9-11H2,1-2H3,(H,31,36)(H,34,35). The maximum Gasteiger partial charge on any atom is 0.305 e. The summed E-state index contributed by atoms with van der Waals surface area (Å²) in [5.41, 5.74) is 4.49. The molecule has 2 N–H and O–H groups in total. The van der Waals surface area contributed by atoms with E-state index < -0.39 is 5.97 Å². The highest BCUT2D eigenvalue weighted by Gasteiger charge is 2.20. The highest BCUT2D eigenvalue weighted by Crippen LogP contribution is 2.33. The second-order valence-electron chi connectivity index (χ2n) is 9.19. The third-order valence-electron chi connectivity index (χ3n) is 5.96. The van der Waals surface area contributed by atoms with Gasteiger partial charge in [0.2, 0.25) is 0 Å². The third kappa shape index (κ3) is 6.07. The van der Waals surface area contributed by atoms with E-state index in [0.29, 0.717) is 21.5 Å². The molecular formula is C28H27Cl2N3O3. The van der Waals surface area contributed by atoms with Crippen LogP contribution in [0.25, 0.3) is 22.0 Å². The van der Waals surface area contributed by atoms with Crippen LogP contribution < -0.4 is 5.32 Å². The summed E-state index contributed by atoms with van der Waals surface area (Å²) in [4.78, 5) is 23.0. The van der Waals surface area contributed by atoms with E-state index >= 15 is 0 Å². The maximum absolute atomic E-state index is 12.3. The van der Waals surface area contributed by atoms with E-state index in [0.717, 1.165) is 34.0 Å². The van der Waals surface area contributed by atoms with Gasteiger partial charge in [-0.05, 0) is 71.5 Å². The minimum atomic E-state index is -0.947. The Morgan fingerprint density at radius 3 is 2.31 bits per heavy atom. The normalized spacial score (nSPS) is 12.1. The van der Waals surface area contributed by atoms with Crippen LogP contribution in [-0.2, 0) is 4.79 Å². The Balaban J connectivity index is 1.62. The molecule has 3 aromatic carbocycles. The molecule has 0 bridgehead atoms. The zero-order chi connectivity index (χ0) is 25.8. The molecule has 4 aromatic rings. The van der Waals surface area contributed by atoms with E-state index in [1.165, 1.54) is 0 Å². The Morgan fingerprint density at radius 2 is 1.67 bits per heavy atom. The van der Waals surface area contributed by atoms with Gasteiger partial charge in [-0.15, -0.1) is 0 Å². The number of nitrogens with zero attached hydrogens (tertiary/aromatic N) is 2. The summed E-state index contributed by atoms with van der Waals surface area (Å²) in [5, 5.41) is 18.3. The lowest BCUT2D eigenvalue weighted by molar-refractivity contribution is -0.136. The van der Waals surface area contributed by atoms with Gasteiger partial charge in [0.25, 0.3) is 5.91 Å². The molecule has 1 heterocycles. The van der Waals surface area contributed by atoms with Crippen LogP contribution in [0, 0.1) is 5.92 Å². The average molecular weight is 524 g/mol. The number of benzene rings is 3.